The first-order valence-corrected chi connectivity index (χ1v) is 2.16. The molecule has 0 bridgehead atoms. The third-order valence-corrected chi connectivity index (χ3v) is 0.765. The van der Waals surface area contributed by atoms with Crippen LogP contribution in [0, 0.1) is 0 Å². The van der Waals surface area contributed by atoms with Gasteiger partial charge in [-0.05, 0) is 6.92 Å². The summed E-state index contributed by atoms with van der Waals surface area (Å²) in [7, 11) is 1.90. The fraction of sp³-hybridized carbons (Fsp3) is 0.500. The topological polar surface area (TPSA) is 29.4 Å². The van der Waals surface area contributed by atoms with E-state index < -0.39 is 0 Å². The largest absolute Gasteiger partial charge is 0.298 e. The molecule has 1 aliphatic heterocycles. The number of nitrogens with zero attached hydrogens (tertiary/aromatic N) is 2. The van der Waals surface area contributed by atoms with E-state index in [1.54, 1.807) is 5.01 Å². The lowest BCUT2D eigenvalue weighted by atomic mass is 10.6. The molecule has 0 aliphatic carbocycles. The molecular formula is C4H8N3. The summed E-state index contributed by atoms with van der Waals surface area (Å²) < 4.78 is 0. The Labute approximate surface area is 42.9 Å². The summed E-state index contributed by atoms with van der Waals surface area (Å²) in [5, 5.41) is 1.80. The second-order valence-corrected chi connectivity index (χ2v) is 1.59. The molecule has 0 atom stereocenters. The van der Waals surface area contributed by atoms with Gasteiger partial charge < -0.3 is 0 Å². The van der Waals surface area contributed by atoms with E-state index in [0.29, 0.717) is 0 Å². The predicted molar refractivity (Wildman–Crippen MR) is 26.8 cm³/mol. The average Bonchev–Trinajstić information content (AvgIpc) is 1.87. The fourth-order valence-electron chi connectivity index (χ4n) is 0.496. The molecule has 0 unspecified atom stereocenters. The van der Waals surface area contributed by atoms with E-state index in [9.17, 15) is 0 Å². The number of hydrogen-bond acceptors (Lipinski definition) is 2. The standard InChI is InChI=1S/C4H8N3/c1-4-3-7(2)6-5-4/h3,6H,1-2H3. The molecule has 1 aliphatic rings. The molecule has 1 N–H and O–H groups in total. The van der Waals surface area contributed by atoms with Crippen molar-refractivity contribution in [1.29, 1.82) is 0 Å². The van der Waals surface area contributed by atoms with Crippen molar-refractivity contribution in [3.05, 3.63) is 11.9 Å². The monoisotopic (exact) mass is 98.1 g/mol. The molecule has 0 aromatic heterocycles. The molecule has 3 nitrogen and oxygen atoms in total. The molecule has 0 saturated heterocycles. The molecular weight excluding hydrogens is 90.1 g/mol. The molecule has 7 heavy (non-hydrogen) atoms. The Balaban J connectivity index is 2.50. The van der Waals surface area contributed by atoms with Crippen LogP contribution < -0.4 is 11.0 Å². The summed E-state index contributed by atoms with van der Waals surface area (Å²) in [4.78, 5) is 0. The van der Waals surface area contributed by atoms with Gasteiger partial charge in [0.2, 0.25) is 0 Å². The van der Waals surface area contributed by atoms with E-state index in [2.05, 4.69) is 11.0 Å². The Kier molecular flexibility index (Phi) is 0.906. The first kappa shape index (κ1) is 4.46. The van der Waals surface area contributed by atoms with E-state index in [1.807, 2.05) is 20.2 Å². The summed E-state index contributed by atoms with van der Waals surface area (Å²) in [6.45, 7) is 1.94. The van der Waals surface area contributed by atoms with Crippen LogP contribution in [0.15, 0.2) is 11.9 Å². The van der Waals surface area contributed by atoms with Gasteiger partial charge in [0.05, 0.1) is 5.70 Å². The second kappa shape index (κ2) is 1.42. The quantitative estimate of drug-likeness (QED) is 0.455. The lowest BCUT2D eigenvalue weighted by molar-refractivity contribution is 0.323. The van der Waals surface area contributed by atoms with Gasteiger partial charge >= 0.3 is 0 Å². The third kappa shape index (κ3) is 0.838. The maximum Gasteiger partial charge on any atom is 0.0710 e. The molecule has 1 radical (unpaired) electrons. The number of nitrogens with one attached hydrogen (secondary N) is 1. The molecule has 3 heteroatoms. The zero-order chi connectivity index (χ0) is 5.28. The van der Waals surface area contributed by atoms with Gasteiger partial charge in [-0.25, -0.2) is 0 Å². The average molecular weight is 98.1 g/mol. The first-order valence-electron chi connectivity index (χ1n) is 2.16. The van der Waals surface area contributed by atoms with Crippen LogP contribution in [0.3, 0.4) is 0 Å². The highest BCUT2D eigenvalue weighted by Crippen LogP contribution is 1.93. The van der Waals surface area contributed by atoms with Crippen LogP contribution in [0.4, 0.5) is 0 Å². The Morgan fingerprint density at radius 2 is 2.57 bits per heavy atom. The van der Waals surface area contributed by atoms with Gasteiger partial charge in [-0.1, -0.05) is 0 Å². The lowest BCUT2D eigenvalue weighted by Gasteiger charge is -2.02. The van der Waals surface area contributed by atoms with Crippen LogP contribution >= 0.6 is 0 Å². The third-order valence-electron chi connectivity index (χ3n) is 0.765. The van der Waals surface area contributed by atoms with Gasteiger partial charge in [0.15, 0.2) is 0 Å². The minimum absolute atomic E-state index is 1.02. The fourth-order valence-corrected chi connectivity index (χ4v) is 0.496. The molecule has 1 rings (SSSR count). The van der Waals surface area contributed by atoms with E-state index in [0.717, 1.165) is 5.70 Å². The molecule has 0 spiro atoms. The molecule has 0 aromatic carbocycles. The Bertz CT molecular complexity index is 97.1. The molecule has 0 aromatic rings. The zero-order valence-corrected chi connectivity index (χ0v) is 4.47. The van der Waals surface area contributed by atoms with Crippen molar-refractivity contribution >= 4 is 0 Å². The second-order valence-electron chi connectivity index (χ2n) is 1.59. The van der Waals surface area contributed by atoms with Crippen molar-refractivity contribution in [3.8, 4) is 0 Å². The maximum atomic E-state index is 3.85. The molecule has 0 fully saturated rings. The maximum absolute atomic E-state index is 3.85. The van der Waals surface area contributed by atoms with Crippen molar-refractivity contribution in [2.75, 3.05) is 7.05 Å². The minimum atomic E-state index is 1.02. The molecule has 1 heterocycles. The van der Waals surface area contributed by atoms with Crippen molar-refractivity contribution in [2.24, 2.45) is 0 Å². The van der Waals surface area contributed by atoms with Crippen molar-refractivity contribution in [2.45, 2.75) is 6.92 Å². The van der Waals surface area contributed by atoms with Crippen molar-refractivity contribution < 1.29 is 0 Å². The zero-order valence-electron chi connectivity index (χ0n) is 4.47. The summed E-state index contributed by atoms with van der Waals surface area (Å²) in [5.41, 5.74) is 7.61. The highest BCUT2D eigenvalue weighted by molar-refractivity contribution is 4.95. The highest BCUT2D eigenvalue weighted by Gasteiger charge is 2.00. The van der Waals surface area contributed by atoms with Crippen LogP contribution in [0.5, 0.6) is 0 Å². The summed E-state index contributed by atoms with van der Waals surface area (Å²) in [6.07, 6.45) is 1.92. The van der Waals surface area contributed by atoms with Crippen LogP contribution in [0.1, 0.15) is 6.92 Å². The Morgan fingerprint density at radius 1 is 1.86 bits per heavy atom. The van der Waals surface area contributed by atoms with E-state index in [1.165, 1.54) is 0 Å². The number of hydrazine groups is 1. The first-order chi connectivity index (χ1) is 3.29. The van der Waals surface area contributed by atoms with E-state index in [4.69, 9.17) is 0 Å². The highest BCUT2D eigenvalue weighted by atomic mass is 15.7. The lowest BCUT2D eigenvalue weighted by Crippen LogP contribution is -2.27. The van der Waals surface area contributed by atoms with Crippen LogP contribution in [-0.2, 0) is 0 Å². The molecule has 39 valence electrons. The predicted octanol–water partition coefficient (Wildman–Crippen LogP) is -0.183. The smallest absolute Gasteiger partial charge is 0.0710 e. The Hall–Kier alpha value is -0.700. The SMILES string of the molecule is CC1=CN(C)N[N]1. The summed E-state index contributed by atoms with van der Waals surface area (Å²) in [6, 6.07) is 0. The van der Waals surface area contributed by atoms with Crippen molar-refractivity contribution in [3.63, 3.8) is 0 Å². The van der Waals surface area contributed by atoms with Gasteiger partial charge in [0.25, 0.3) is 0 Å². The van der Waals surface area contributed by atoms with E-state index >= 15 is 0 Å². The van der Waals surface area contributed by atoms with Gasteiger partial charge in [-0.15, -0.1) is 5.53 Å². The number of rotatable bonds is 0. The van der Waals surface area contributed by atoms with Gasteiger partial charge in [0, 0.05) is 13.2 Å². The normalized spacial score (nSPS) is 19.1. The van der Waals surface area contributed by atoms with Crippen LogP contribution in [0.2, 0.25) is 0 Å². The van der Waals surface area contributed by atoms with Gasteiger partial charge in [0.1, 0.15) is 0 Å². The van der Waals surface area contributed by atoms with Crippen LogP contribution in [-0.4, -0.2) is 12.1 Å². The van der Waals surface area contributed by atoms with Gasteiger partial charge in [-0.3, -0.25) is 5.01 Å². The number of hydrogen-bond donors (Lipinski definition) is 1. The van der Waals surface area contributed by atoms with Crippen molar-refractivity contribution in [1.82, 2.24) is 16.0 Å². The molecule has 0 saturated carbocycles. The molecule has 0 amide bonds. The Morgan fingerprint density at radius 3 is 2.71 bits per heavy atom. The number of allylic oxidation sites excluding steroid dienone is 1. The van der Waals surface area contributed by atoms with Gasteiger partial charge in [-0.2, -0.15) is 5.43 Å². The summed E-state index contributed by atoms with van der Waals surface area (Å²) in [5.74, 6) is 0. The van der Waals surface area contributed by atoms with E-state index in [-0.39, 0.29) is 0 Å². The summed E-state index contributed by atoms with van der Waals surface area (Å²) >= 11 is 0. The van der Waals surface area contributed by atoms with Crippen LogP contribution in [0.25, 0.3) is 0 Å². The minimum Gasteiger partial charge on any atom is -0.298 e.